The van der Waals surface area contributed by atoms with Gasteiger partial charge in [-0.1, -0.05) is 5.16 Å². The minimum atomic E-state index is -0.271. The molecule has 146 valence electrons. The third-order valence-corrected chi connectivity index (χ3v) is 5.48. The molecule has 1 saturated heterocycles. The number of halogens is 1. The highest BCUT2D eigenvalue weighted by Crippen LogP contribution is 2.28. The highest BCUT2D eigenvalue weighted by Gasteiger charge is 2.29. The van der Waals surface area contributed by atoms with Crippen LogP contribution in [-0.2, 0) is 11.2 Å². The van der Waals surface area contributed by atoms with Crippen LogP contribution in [0.15, 0.2) is 34.9 Å². The van der Waals surface area contributed by atoms with Crippen molar-refractivity contribution in [1.29, 1.82) is 0 Å². The monoisotopic (exact) mass is 373 g/mol. The lowest BCUT2D eigenvalue weighted by Gasteiger charge is -2.32. The van der Waals surface area contributed by atoms with Gasteiger partial charge < -0.3 is 14.7 Å². The Bertz CT molecular complexity index is 740. The Balaban J connectivity index is 1.66. The van der Waals surface area contributed by atoms with Crippen LogP contribution in [-0.4, -0.2) is 42.1 Å². The molecule has 6 heteroatoms. The first-order valence-electron chi connectivity index (χ1n) is 9.80. The summed E-state index contributed by atoms with van der Waals surface area (Å²) in [7, 11) is 0. The van der Waals surface area contributed by atoms with E-state index in [1.807, 2.05) is 24.8 Å². The molecule has 1 fully saturated rings. The maximum Gasteiger partial charge on any atom is 0.222 e. The van der Waals surface area contributed by atoms with Gasteiger partial charge in [0.1, 0.15) is 5.82 Å². The lowest BCUT2D eigenvalue weighted by molar-refractivity contribution is -0.132. The number of nitrogens with one attached hydrogen (secondary N) is 1. The van der Waals surface area contributed by atoms with Gasteiger partial charge >= 0.3 is 0 Å². The summed E-state index contributed by atoms with van der Waals surface area (Å²) in [5.74, 6) is 1.32. The van der Waals surface area contributed by atoms with Gasteiger partial charge in [0.25, 0.3) is 0 Å². The van der Waals surface area contributed by atoms with E-state index in [0.717, 1.165) is 50.3 Å². The first kappa shape index (κ1) is 19.5. The number of aromatic nitrogens is 1. The summed E-state index contributed by atoms with van der Waals surface area (Å²) >= 11 is 0. The van der Waals surface area contributed by atoms with Crippen molar-refractivity contribution >= 4 is 5.91 Å². The van der Waals surface area contributed by atoms with Gasteiger partial charge in [-0.25, -0.2) is 4.39 Å². The third-order valence-electron chi connectivity index (χ3n) is 5.48. The van der Waals surface area contributed by atoms with E-state index < -0.39 is 0 Å². The van der Waals surface area contributed by atoms with Gasteiger partial charge in [-0.2, -0.15) is 0 Å². The molecule has 27 heavy (non-hydrogen) atoms. The Morgan fingerprint density at radius 1 is 1.26 bits per heavy atom. The Morgan fingerprint density at radius 3 is 2.70 bits per heavy atom. The Morgan fingerprint density at radius 2 is 2.00 bits per heavy atom. The second-order valence-corrected chi connectivity index (χ2v) is 7.18. The standard InChI is InChI=1S/C21H28FN3O2/c1-3-25(4-2)21(26)12-16-9-10-23-14-17(16)11-19-13-20(27-24-19)15-5-7-18(22)8-6-15/h5-8,13,16-17,23H,3-4,9-12,14H2,1-2H3. The summed E-state index contributed by atoms with van der Waals surface area (Å²) in [5.41, 5.74) is 1.69. The number of carbonyl (C=O) groups is 1. The van der Waals surface area contributed by atoms with Crippen LogP contribution < -0.4 is 5.32 Å². The van der Waals surface area contributed by atoms with Crippen molar-refractivity contribution in [2.45, 2.75) is 33.1 Å². The van der Waals surface area contributed by atoms with Crippen LogP contribution in [0, 0.1) is 17.7 Å². The number of nitrogens with zero attached hydrogens (tertiary/aromatic N) is 2. The molecule has 0 bridgehead atoms. The SMILES string of the molecule is CCN(CC)C(=O)CC1CCNCC1Cc1cc(-c2ccc(F)cc2)on1. The van der Waals surface area contributed by atoms with Gasteiger partial charge in [-0.15, -0.1) is 0 Å². The molecule has 1 aliphatic rings. The number of hydrogen-bond acceptors (Lipinski definition) is 4. The van der Waals surface area contributed by atoms with E-state index in [0.29, 0.717) is 24.0 Å². The van der Waals surface area contributed by atoms with Crippen LogP contribution in [0.5, 0.6) is 0 Å². The van der Waals surface area contributed by atoms with Crippen molar-refractivity contribution in [3.63, 3.8) is 0 Å². The minimum Gasteiger partial charge on any atom is -0.356 e. The molecule has 2 aromatic rings. The summed E-state index contributed by atoms with van der Waals surface area (Å²) in [6.45, 7) is 7.40. The fourth-order valence-corrected chi connectivity index (χ4v) is 3.84. The number of rotatable bonds is 7. The van der Waals surface area contributed by atoms with E-state index in [1.54, 1.807) is 12.1 Å². The predicted molar refractivity (Wildman–Crippen MR) is 103 cm³/mol. The highest BCUT2D eigenvalue weighted by atomic mass is 19.1. The predicted octanol–water partition coefficient (Wildman–Crippen LogP) is 3.51. The van der Waals surface area contributed by atoms with Crippen LogP contribution >= 0.6 is 0 Å². The van der Waals surface area contributed by atoms with Crippen LogP contribution in [0.3, 0.4) is 0 Å². The highest BCUT2D eigenvalue weighted by molar-refractivity contribution is 5.76. The van der Waals surface area contributed by atoms with E-state index in [2.05, 4.69) is 10.5 Å². The van der Waals surface area contributed by atoms with Gasteiger partial charge in [-0.05, 0) is 75.9 Å². The zero-order valence-corrected chi connectivity index (χ0v) is 16.1. The molecule has 5 nitrogen and oxygen atoms in total. The average molecular weight is 373 g/mol. The lowest BCUT2D eigenvalue weighted by Crippen LogP contribution is -2.41. The van der Waals surface area contributed by atoms with Gasteiger partial charge in [0.2, 0.25) is 5.91 Å². The summed E-state index contributed by atoms with van der Waals surface area (Å²) in [6.07, 6.45) is 2.37. The molecule has 2 unspecified atom stereocenters. The van der Waals surface area contributed by atoms with Gasteiger partial charge in [-0.3, -0.25) is 4.79 Å². The quantitative estimate of drug-likeness (QED) is 0.807. The molecule has 0 aliphatic carbocycles. The Hall–Kier alpha value is -2.21. The van der Waals surface area contributed by atoms with Crippen molar-refractivity contribution < 1.29 is 13.7 Å². The molecule has 2 heterocycles. The van der Waals surface area contributed by atoms with Gasteiger partial charge in [0.05, 0.1) is 5.69 Å². The molecule has 1 aromatic carbocycles. The summed E-state index contributed by atoms with van der Waals surface area (Å²) in [6, 6.07) is 8.13. The zero-order chi connectivity index (χ0) is 19.2. The summed E-state index contributed by atoms with van der Waals surface area (Å²) in [5, 5.41) is 7.63. The molecule has 1 amide bonds. The van der Waals surface area contributed by atoms with E-state index in [4.69, 9.17) is 4.52 Å². The number of amides is 1. The minimum absolute atomic E-state index is 0.240. The van der Waals surface area contributed by atoms with E-state index >= 15 is 0 Å². The molecule has 1 aromatic heterocycles. The second-order valence-electron chi connectivity index (χ2n) is 7.18. The Kier molecular flexibility index (Phi) is 6.61. The third kappa shape index (κ3) is 4.95. The topological polar surface area (TPSA) is 58.4 Å². The Labute approximate surface area is 159 Å². The first-order chi connectivity index (χ1) is 13.1. The van der Waals surface area contributed by atoms with Crippen molar-refractivity contribution in [2.24, 2.45) is 11.8 Å². The van der Waals surface area contributed by atoms with Crippen molar-refractivity contribution in [1.82, 2.24) is 15.4 Å². The number of piperidine rings is 1. The maximum atomic E-state index is 13.1. The number of hydrogen-bond donors (Lipinski definition) is 1. The van der Waals surface area contributed by atoms with Crippen LogP contribution in [0.2, 0.25) is 0 Å². The van der Waals surface area contributed by atoms with Crippen molar-refractivity contribution in [3.8, 4) is 11.3 Å². The molecule has 2 atom stereocenters. The fourth-order valence-electron chi connectivity index (χ4n) is 3.84. The normalized spacial score (nSPS) is 19.8. The van der Waals surface area contributed by atoms with Gasteiger partial charge in [0.15, 0.2) is 5.76 Å². The fraction of sp³-hybridized carbons (Fsp3) is 0.524. The summed E-state index contributed by atoms with van der Waals surface area (Å²) < 4.78 is 18.5. The van der Waals surface area contributed by atoms with E-state index in [9.17, 15) is 9.18 Å². The van der Waals surface area contributed by atoms with Crippen molar-refractivity contribution in [3.05, 3.63) is 41.8 Å². The lowest BCUT2D eigenvalue weighted by atomic mass is 9.81. The first-order valence-corrected chi connectivity index (χ1v) is 9.80. The molecule has 3 rings (SSSR count). The van der Waals surface area contributed by atoms with Gasteiger partial charge in [0, 0.05) is 31.1 Å². The maximum absolute atomic E-state index is 13.1. The molecule has 0 radical (unpaired) electrons. The molecule has 0 spiro atoms. The second kappa shape index (κ2) is 9.13. The largest absolute Gasteiger partial charge is 0.356 e. The van der Waals surface area contributed by atoms with E-state index in [-0.39, 0.29) is 11.7 Å². The molecule has 0 saturated carbocycles. The van der Waals surface area contributed by atoms with Crippen LogP contribution in [0.1, 0.15) is 32.4 Å². The van der Waals surface area contributed by atoms with E-state index in [1.165, 1.54) is 12.1 Å². The van der Waals surface area contributed by atoms with Crippen molar-refractivity contribution in [2.75, 3.05) is 26.2 Å². The molecular weight excluding hydrogens is 345 g/mol. The van der Waals surface area contributed by atoms with Crippen LogP contribution in [0.25, 0.3) is 11.3 Å². The molecule has 1 aliphatic heterocycles. The molecular formula is C21H28FN3O2. The summed E-state index contributed by atoms with van der Waals surface area (Å²) in [4.78, 5) is 14.4. The molecule has 1 N–H and O–H groups in total. The number of carbonyl (C=O) groups excluding carboxylic acids is 1. The number of benzene rings is 1. The smallest absolute Gasteiger partial charge is 0.222 e. The zero-order valence-electron chi connectivity index (χ0n) is 16.1. The van der Waals surface area contributed by atoms with Crippen LogP contribution in [0.4, 0.5) is 4.39 Å². The average Bonchev–Trinajstić information content (AvgIpc) is 3.13.